The van der Waals surface area contributed by atoms with Crippen molar-refractivity contribution in [1.82, 2.24) is 10.7 Å². The fraction of sp³-hybridized carbons (Fsp3) is 0.211. The summed E-state index contributed by atoms with van der Waals surface area (Å²) in [5.41, 5.74) is 3.87. The van der Waals surface area contributed by atoms with Crippen molar-refractivity contribution in [2.24, 2.45) is 5.10 Å². The zero-order valence-electron chi connectivity index (χ0n) is 15.2. The molecule has 0 atom stereocenters. The number of rotatable bonds is 6. The van der Waals surface area contributed by atoms with Crippen LogP contribution in [0.3, 0.4) is 0 Å². The van der Waals surface area contributed by atoms with Crippen LogP contribution in [0, 0.1) is 13.8 Å². The van der Waals surface area contributed by atoms with Crippen molar-refractivity contribution in [3.05, 3.63) is 52.6 Å². The molecule has 0 spiro atoms. The fourth-order valence-corrected chi connectivity index (χ4v) is 2.36. The van der Waals surface area contributed by atoms with Crippen LogP contribution < -0.4 is 15.5 Å². The molecule has 0 aliphatic carbocycles. The fourth-order valence-electron chi connectivity index (χ4n) is 2.36. The van der Waals surface area contributed by atoms with Gasteiger partial charge < -0.3 is 20.3 Å². The zero-order valence-corrected chi connectivity index (χ0v) is 15.2. The van der Waals surface area contributed by atoms with Crippen molar-refractivity contribution in [3.63, 3.8) is 0 Å². The van der Waals surface area contributed by atoms with E-state index in [0.29, 0.717) is 28.0 Å². The van der Waals surface area contributed by atoms with Gasteiger partial charge in [0, 0.05) is 11.1 Å². The van der Waals surface area contributed by atoms with E-state index in [-0.39, 0.29) is 18.0 Å². The van der Waals surface area contributed by atoms with Crippen LogP contribution in [0.2, 0.25) is 0 Å². The molecule has 0 saturated heterocycles. The molecule has 4 N–H and O–H groups in total. The quantitative estimate of drug-likeness (QED) is 0.454. The summed E-state index contributed by atoms with van der Waals surface area (Å²) in [5.74, 6) is -0.723. The minimum absolute atomic E-state index is 0.0229. The first-order chi connectivity index (χ1) is 12.8. The van der Waals surface area contributed by atoms with Crippen molar-refractivity contribution in [3.8, 4) is 17.2 Å². The zero-order chi connectivity index (χ0) is 20.0. The third-order valence-electron chi connectivity index (χ3n) is 3.92. The second-order valence-electron chi connectivity index (χ2n) is 5.78. The van der Waals surface area contributed by atoms with Gasteiger partial charge in [-0.15, -0.1) is 0 Å². The van der Waals surface area contributed by atoms with Crippen LogP contribution in [0.4, 0.5) is 0 Å². The maximum atomic E-state index is 12.1. The van der Waals surface area contributed by atoms with Gasteiger partial charge >= 0.3 is 0 Å². The summed E-state index contributed by atoms with van der Waals surface area (Å²) in [7, 11) is 1.45. The first kappa shape index (κ1) is 19.8. The number of methoxy groups -OCH3 is 1. The lowest BCUT2D eigenvalue weighted by Crippen LogP contribution is -2.35. The number of phenols is 2. The van der Waals surface area contributed by atoms with E-state index >= 15 is 0 Å². The molecule has 27 heavy (non-hydrogen) atoms. The number of carbonyl (C=O) groups excluding carboxylic acids is 2. The van der Waals surface area contributed by atoms with Crippen LogP contribution in [0.5, 0.6) is 17.2 Å². The van der Waals surface area contributed by atoms with Crippen LogP contribution in [0.15, 0.2) is 35.4 Å². The average molecular weight is 371 g/mol. The summed E-state index contributed by atoms with van der Waals surface area (Å²) >= 11 is 0. The summed E-state index contributed by atoms with van der Waals surface area (Å²) in [4.78, 5) is 24.0. The highest BCUT2D eigenvalue weighted by Gasteiger charge is 2.13. The molecule has 8 heteroatoms. The van der Waals surface area contributed by atoms with Gasteiger partial charge in [0.25, 0.3) is 11.8 Å². The van der Waals surface area contributed by atoms with Crippen molar-refractivity contribution in [2.45, 2.75) is 13.8 Å². The number of para-hydroxylation sites is 1. The molecule has 0 aliphatic heterocycles. The number of carbonyl (C=O) groups is 2. The van der Waals surface area contributed by atoms with E-state index in [4.69, 9.17) is 4.74 Å². The number of phenolic OH excluding ortho intramolecular Hbond substituents is 2. The second-order valence-corrected chi connectivity index (χ2v) is 5.78. The number of aromatic hydroxyl groups is 2. The lowest BCUT2D eigenvalue weighted by molar-refractivity contribution is -0.120. The number of ether oxygens (including phenoxy) is 1. The maximum Gasteiger partial charge on any atom is 0.259 e. The van der Waals surface area contributed by atoms with Gasteiger partial charge in [-0.05, 0) is 37.6 Å². The lowest BCUT2D eigenvalue weighted by Gasteiger charge is -2.09. The monoisotopic (exact) mass is 371 g/mol. The second kappa shape index (κ2) is 8.70. The van der Waals surface area contributed by atoms with Gasteiger partial charge in [-0.2, -0.15) is 5.10 Å². The van der Waals surface area contributed by atoms with E-state index in [1.165, 1.54) is 19.4 Å². The molecule has 0 radical (unpaired) electrons. The molecule has 142 valence electrons. The Balaban J connectivity index is 1.94. The largest absolute Gasteiger partial charge is 0.508 e. The lowest BCUT2D eigenvalue weighted by atomic mass is 10.0. The first-order valence-corrected chi connectivity index (χ1v) is 8.10. The Hall–Kier alpha value is -3.55. The summed E-state index contributed by atoms with van der Waals surface area (Å²) in [6, 6.07) is 8.15. The number of hydrogen-bond donors (Lipinski definition) is 4. The van der Waals surface area contributed by atoms with Crippen molar-refractivity contribution < 1.29 is 24.5 Å². The third kappa shape index (κ3) is 4.75. The molecule has 8 nitrogen and oxygen atoms in total. The standard InChI is InChI=1S/C19H21N3O5/c1-11-8-15(23)12(2)18(25)14(11)9-21-22-17(24)10-20-19(26)13-6-4-5-7-16(13)27-3/h4-9,23,25H,10H2,1-3H3,(H,20,26)(H,22,24). The van der Waals surface area contributed by atoms with E-state index in [0.717, 1.165) is 0 Å². The number of hydrogen-bond acceptors (Lipinski definition) is 6. The van der Waals surface area contributed by atoms with Gasteiger partial charge in [-0.1, -0.05) is 12.1 Å². The molecular weight excluding hydrogens is 350 g/mol. The Morgan fingerprint density at radius 1 is 1.22 bits per heavy atom. The summed E-state index contributed by atoms with van der Waals surface area (Å²) in [5, 5.41) is 25.9. The summed E-state index contributed by atoms with van der Waals surface area (Å²) < 4.78 is 5.10. The van der Waals surface area contributed by atoms with Crippen molar-refractivity contribution >= 4 is 18.0 Å². The van der Waals surface area contributed by atoms with E-state index < -0.39 is 11.8 Å². The molecule has 2 aromatic carbocycles. The SMILES string of the molecule is COc1ccccc1C(=O)NCC(=O)NN=Cc1c(C)cc(O)c(C)c1O. The Morgan fingerprint density at radius 2 is 1.93 bits per heavy atom. The van der Waals surface area contributed by atoms with Gasteiger partial charge in [0.2, 0.25) is 0 Å². The molecule has 0 bridgehead atoms. The normalized spacial score (nSPS) is 10.6. The number of amides is 2. The highest BCUT2D eigenvalue weighted by Crippen LogP contribution is 2.31. The molecule has 0 aromatic heterocycles. The van der Waals surface area contributed by atoms with Crippen LogP contribution in [0.1, 0.15) is 27.0 Å². The summed E-state index contributed by atoms with van der Waals surface area (Å²) in [6.45, 7) is 2.97. The number of nitrogens with zero attached hydrogens (tertiary/aromatic N) is 1. The maximum absolute atomic E-state index is 12.1. The Bertz CT molecular complexity index is 893. The van der Waals surface area contributed by atoms with E-state index in [1.807, 2.05) is 0 Å². The van der Waals surface area contributed by atoms with Crippen LogP contribution in [0.25, 0.3) is 0 Å². The molecule has 0 unspecified atom stereocenters. The Morgan fingerprint density at radius 3 is 2.63 bits per heavy atom. The van der Waals surface area contributed by atoms with Crippen LogP contribution in [-0.4, -0.2) is 41.9 Å². The first-order valence-electron chi connectivity index (χ1n) is 8.10. The molecule has 0 heterocycles. The molecule has 0 saturated carbocycles. The number of benzene rings is 2. The smallest absolute Gasteiger partial charge is 0.259 e. The Labute approximate surface area is 156 Å². The predicted octanol–water partition coefficient (Wildman–Crippen LogP) is 1.60. The highest BCUT2D eigenvalue weighted by molar-refractivity contribution is 5.98. The molecule has 0 aliphatic rings. The highest BCUT2D eigenvalue weighted by atomic mass is 16.5. The number of nitrogens with one attached hydrogen (secondary N) is 2. The Kier molecular flexibility index (Phi) is 6.37. The van der Waals surface area contributed by atoms with Gasteiger partial charge in [-0.25, -0.2) is 5.43 Å². The van der Waals surface area contributed by atoms with Crippen LogP contribution >= 0.6 is 0 Å². The molecule has 2 rings (SSSR count). The van der Waals surface area contributed by atoms with Gasteiger partial charge in [-0.3, -0.25) is 9.59 Å². The van der Waals surface area contributed by atoms with E-state index in [1.54, 1.807) is 38.1 Å². The van der Waals surface area contributed by atoms with Gasteiger partial charge in [0.05, 0.1) is 25.4 Å². The minimum atomic E-state index is -0.540. The topological polar surface area (TPSA) is 120 Å². The molecule has 0 fully saturated rings. The van der Waals surface area contributed by atoms with Crippen molar-refractivity contribution in [1.29, 1.82) is 0 Å². The third-order valence-corrected chi connectivity index (χ3v) is 3.92. The molecule has 2 aromatic rings. The molecule has 2 amide bonds. The number of aryl methyl sites for hydroxylation is 1. The van der Waals surface area contributed by atoms with Gasteiger partial charge in [0.1, 0.15) is 17.2 Å². The van der Waals surface area contributed by atoms with E-state index in [2.05, 4.69) is 15.8 Å². The van der Waals surface area contributed by atoms with Gasteiger partial charge in [0.15, 0.2) is 0 Å². The van der Waals surface area contributed by atoms with Crippen LogP contribution in [-0.2, 0) is 4.79 Å². The predicted molar refractivity (Wildman–Crippen MR) is 100 cm³/mol. The summed E-state index contributed by atoms with van der Waals surface area (Å²) in [6.07, 6.45) is 1.27. The average Bonchev–Trinajstić information content (AvgIpc) is 2.66. The van der Waals surface area contributed by atoms with E-state index in [9.17, 15) is 19.8 Å². The minimum Gasteiger partial charge on any atom is -0.508 e. The number of hydrazone groups is 1. The molecular formula is C19H21N3O5. The van der Waals surface area contributed by atoms with Crippen molar-refractivity contribution in [2.75, 3.05) is 13.7 Å².